The lowest BCUT2D eigenvalue weighted by Gasteiger charge is -2.36. The predicted molar refractivity (Wildman–Crippen MR) is 83.3 cm³/mol. The van der Waals surface area contributed by atoms with Crippen LogP contribution in [0.3, 0.4) is 0 Å². The molecule has 2 heterocycles. The number of rotatable bonds is 2. The number of halogens is 1. The third kappa shape index (κ3) is 1.95. The van der Waals surface area contributed by atoms with Crippen molar-refractivity contribution in [1.82, 2.24) is 0 Å². The molecule has 0 aromatic heterocycles. The normalized spacial score (nSPS) is 30.2. The summed E-state index contributed by atoms with van der Waals surface area (Å²) in [5.74, 6) is -0.341. The average Bonchev–Trinajstić information content (AvgIpc) is 2.92. The third-order valence-electron chi connectivity index (χ3n) is 4.73. The summed E-state index contributed by atoms with van der Waals surface area (Å²) in [6.07, 6.45) is 7.48. The minimum Gasteiger partial charge on any atom is -0.375 e. The molecule has 1 N–H and O–H groups in total. The molecule has 2 atom stereocenters. The van der Waals surface area contributed by atoms with Crippen LogP contribution in [0.1, 0.15) is 48.3 Å². The maximum Gasteiger partial charge on any atom is 0.191 e. The van der Waals surface area contributed by atoms with E-state index in [1.165, 1.54) is 0 Å². The molecule has 0 spiro atoms. The minimum atomic E-state index is -0.598. The first-order valence-electron chi connectivity index (χ1n) is 7.86. The number of fused-ring (bicyclic) bond motifs is 3. The molecule has 0 bridgehead atoms. The van der Waals surface area contributed by atoms with E-state index >= 15 is 0 Å². The molecule has 3 aliphatic rings. The second-order valence-corrected chi connectivity index (χ2v) is 5.97. The third-order valence-corrected chi connectivity index (χ3v) is 4.73. The molecule has 1 aromatic rings. The maximum atomic E-state index is 15.0. The van der Waals surface area contributed by atoms with Gasteiger partial charge in [0.25, 0.3) is 0 Å². The van der Waals surface area contributed by atoms with Crippen molar-refractivity contribution in [3.63, 3.8) is 0 Å². The van der Waals surface area contributed by atoms with Crippen LogP contribution in [-0.2, 0) is 15.9 Å². The van der Waals surface area contributed by atoms with E-state index in [0.717, 1.165) is 5.56 Å². The Kier molecular flexibility index (Phi) is 3.26. The van der Waals surface area contributed by atoms with Crippen molar-refractivity contribution >= 4 is 5.69 Å². The fourth-order valence-corrected chi connectivity index (χ4v) is 3.68. The first-order valence-corrected chi connectivity index (χ1v) is 7.86. The highest BCUT2D eigenvalue weighted by Gasteiger charge is 2.42. The highest BCUT2D eigenvalue weighted by molar-refractivity contribution is 5.72. The monoisotopic (exact) mass is 312 g/mol. The van der Waals surface area contributed by atoms with Gasteiger partial charge in [-0.25, -0.2) is 4.39 Å². The molecule has 1 aliphatic carbocycles. The Labute approximate surface area is 134 Å². The van der Waals surface area contributed by atoms with Crippen molar-refractivity contribution in [2.75, 3.05) is 5.32 Å². The van der Waals surface area contributed by atoms with E-state index in [2.05, 4.69) is 11.4 Å². The molecule has 0 saturated carbocycles. The van der Waals surface area contributed by atoms with E-state index < -0.39 is 6.29 Å². The Morgan fingerprint density at radius 2 is 2.00 bits per heavy atom. The molecule has 1 fully saturated rings. The van der Waals surface area contributed by atoms with Crippen molar-refractivity contribution in [3.8, 4) is 6.07 Å². The average molecular weight is 312 g/mol. The second kappa shape index (κ2) is 5.19. The molecule has 1 aromatic carbocycles. The van der Waals surface area contributed by atoms with Gasteiger partial charge >= 0.3 is 0 Å². The zero-order valence-corrected chi connectivity index (χ0v) is 13.0. The van der Waals surface area contributed by atoms with Crippen LogP contribution >= 0.6 is 0 Å². The fourth-order valence-electron chi connectivity index (χ4n) is 3.68. The van der Waals surface area contributed by atoms with Gasteiger partial charge in [-0.1, -0.05) is 31.2 Å². The fraction of sp³-hybridized carbons (Fsp3) is 0.389. The lowest BCUT2D eigenvalue weighted by atomic mass is 9.84. The van der Waals surface area contributed by atoms with E-state index in [-0.39, 0.29) is 24.1 Å². The van der Waals surface area contributed by atoms with Crippen LogP contribution in [0.4, 0.5) is 10.1 Å². The van der Waals surface area contributed by atoms with Crippen molar-refractivity contribution in [2.45, 2.75) is 44.8 Å². The number of hydrogen-bond acceptors (Lipinski definition) is 4. The summed E-state index contributed by atoms with van der Waals surface area (Å²) in [5, 5.41) is 12.9. The van der Waals surface area contributed by atoms with Gasteiger partial charge in [0.2, 0.25) is 0 Å². The molecule has 2 aliphatic heterocycles. The number of nitriles is 1. The van der Waals surface area contributed by atoms with Gasteiger partial charge in [-0.2, -0.15) is 5.26 Å². The Morgan fingerprint density at radius 3 is 2.65 bits per heavy atom. The van der Waals surface area contributed by atoms with E-state index in [1.54, 1.807) is 6.92 Å². The lowest BCUT2D eigenvalue weighted by Crippen LogP contribution is -2.33. The number of nitrogens with zero attached hydrogens (tertiary/aromatic N) is 1. The molecular formula is C18H17FN2O2. The smallest absolute Gasteiger partial charge is 0.191 e. The predicted octanol–water partition coefficient (Wildman–Crippen LogP) is 3.65. The lowest BCUT2D eigenvalue weighted by molar-refractivity contribution is -0.382. The van der Waals surface area contributed by atoms with Gasteiger partial charge in [-0.15, -0.1) is 0 Å². The quantitative estimate of drug-likeness (QED) is 0.905. The molecule has 0 amide bonds. The van der Waals surface area contributed by atoms with Crippen LogP contribution in [0.2, 0.25) is 0 Å². The van der Waals surface area contributed by atoms with E-state index in [1.807, 2.05) is 31.2 Å². The second-order valence-electron chi connectivity index (χ2n) is 5.97. The van der Waals surface area contributed by atoms with Crippen LogP contribution in [-0.4, -0.2) is 12.3 Å². The zero-order chi connectivity index (χ0) is 16.1. The molecule has 1 saturated heterocycles. The number of nitrogens with one attached hydrogen (secondary N) is 1. The summed E-state index contributed by atoms with van der Waals surface area (Å²) in [6.45, 7) is 3.65. The van der Waals surface area contributed by atoms with Gasteiger partial charge in [0, 0.05) is 17.0 Å². The van der Waals surface area contributed by atoms with Gasteiger partial charge in [0.15, 0.2) is 18.4 Å². The maximum absolute atomic E-state index is 15.0. The standard InChI is InChI=1S/C18H17FN2O2/c1-3-10-12(8-20)15(18-22-9(2)23-18)14-11-6-4-5-7-13(11)21-17(14)16(10)19/h4-7,9,11,13,18,21H,3H2,1-2H3. The molecule has 118 valence electrons. The Hall–Kier alpha value is -2.16. The van der Waals surface area contributed by atoms with Gasteiger partial charge in [-0.3, -0.25) is 0 Å². The molecule has 4 rings (SSSR count). The molecule has 2 unspecified atom stereocenters. The topological polar surface area (TPSA) is 54.3 Å². The van der Waals surface area contributed by atoms with Gasteiger partial charge in [0.05, 0.1) is 17.3 Å². The number of anilines is 1. The summed E-state index contributed by atoms with van der Waals surface area (Å²) in [6, 6.07) is 2.17. The van der Waals surface area contributed by atoms with Gasteiger partial charge in [-0.05, 0) is 18.9 Å². The number of benzene rings is 1. The summed E-state index contributed by atoms with van der Waals surface area (Å²) in [4.78, 5) is 0. The summed E-state index contributed by atoms with van der Waals surface area (Å²) < 4.78 is 26.3. The number of allylic oxidation sites excluding steroid dienone is 2. The highest BCUT2D eigenvalue weighted by Crippen LogP contribution is 2.49. The number of hydrogen-bond donors (Lipinski definition) is 1. The van der Waals surface area contributed by atoms with Gasteiger partial charge in [0.1, 0.15) is 6.07 Å². The molecule has 4 nitrogen and oxygen atoms in total. The first-order chi connectivity index (χ1) is 11.2. The first kappa shape index (κ1) is 14.4. The van der Waals surface area contributed by atoms with E-state index in [4.69, 9.17) is 9.47 Å². The Bertz CT molecular complexity index is 772. The highest BCUT2D eigenvalue weighted by atomic mass is 19.1. The molecular weight excluding hydrogens is 295 g/mol. The Morgan fingerprint density at radius 1 is 1.26 bits per heavy atom. The van der Waals surface area contributed by atoms with Crippen LogP contribution in [0.5, 0.6) is 0 Å². The van der Waals surface area contributed by atoms with Gasteiger partial charge < -0.3 is 14.8 Å². The van der Waals surface area contributed by atoms with Crippen molar-refractivity contribution < 1.29 is 13.9 Å². The summed E-state index contributed by atoms with van der Waals surface area (Å²) >= 11 is 0. The Balaban J connectivity index is 1.97. The van der Waals surface area contributed by atoms with E-state index in [0.29, 0.717) is 28.8 Å². The van der Waals surface area contributed by atoms with Crippen LogP contribution in [0, 0.1) is 17.1 Å². The van der Waals surface area contributed by atoms with Crippen LogP contribution in [0.25, 0.3) is 0 Å². The van der Waals surface area contributed by atoms with Crippen molar-refractivity contribution in [1.29, 1.82) is 5.26 Å². The number of ether oxygens (including phenoxy) is 2. The van der Waals surface area contributed by atoms with E-state index in [9.17, 15) is 9.65 Å². The zero-order valence-electron chi connectivity index (χ0n) is 13.0. The molecule has 23 heavy (non-hydrogen) atoms. The van der Waals surface area contributed by atoms with Crippen molar-refractivity contribution in [3.05, 3.63) is 52.4 Å². The van der Waals surface area contributed by atoms with Crippen molar-refractivity contribution in [2.24, 2.45) is 0 Å². The SMILES string of the molecule is CCc1c(F)c2c(c(C3OC(C)O3)c1C#N)C1C=CC=CC1N2. The summed E-state index contributed by atoms with van der Waals surface area (Å²) in [5.41, 5.74) is 2.73. The molecule has 0 radical (unpaired) electrons. The largest absolute Gasteiger partial charge is 0.375 e. The summed E-state index contributed by atoms with van der Waals surface area (Å²) in [7, 11) is 0. The molecule has 5 heteroatoms. The van der Waals surface area contributed by atoms with Crippen LogP contribution in [0.15, 0.2) is 24.3 Å². The minimum absolute atomic E-state index is 0.000557. The van der Waals surface area contributed by atoms with Crippen LogP contribution < -0.4 is 5.32 Å².